The van der Waals surface area contributed by atoms with Gasteiger partial charge >= 0.3 is 0 Å². The van der Waals surface area contributed by atoms with Crippen LogP contribution in [0.15, 0.2) is 30.6 Å². The zero-order valence-electron chi connectivity index (χ0n) is 10.7. The Balaban J connectivity index is 1.89. The topological polar surface area (TPSA) is 75.1 Å². The van der Waals surface area contributed by atoms with Gasteiger partial charge in [0.05, 0.1) is 36.0 Å². The number of thiophene rings is 1. The Morgan fingerprint density at radius 3 is 3.00 bits per heavy atom. The second-order valence-electron chi connectivity index (χ2n) is 3.86. The van der Waals surface area contributed by atoms with Crippen molar-refractivity contribution in [2.24, 2.45) is 0 Å². The Kier molecular flexibility index (Phi) is 5.24. The number of hydrogen-bond donors (Lipinski definition) is 2. The molecular formula is C14H13N3O2S. The molecule has 1 amide bonds. The molecule has 0 spiro atoms. The predicted molar refractivity (Wildman–Crippen MR) is 76.1 cm³/mol. The number of aliphatic hydroxyl groups excluding tert-OH is 1. The van der Waals surface area contributed by atoms with Crippen LogP contribution in [0, 0.1) is 11.8 Å². The van der Waals surface area contributed by atoms with Crippen molar-refractivity contribution in [3.63, 3.8) is 0 Å². The molecule has 0 aliphatic carbocycles. The van der Waals surface area contributed by atoms with Crippen LogP contribution in [0.5, 0.6) is 0 Å². The zero-order chi connectivity index (χ0) is 14.2. The molecule has 0 radical (unpaired) electrons. The smallest absolute Gasteiger partial charge is 0.253 e. The first-order chi connectivity index (χ1) is 9.79. The van der Waals surface area contributed by atoms with Crippen molar-refractivity contribution in [2.45, 2.75) is 13.0 Å². The van der Waals surface area contributed by atoms with E-state index in [1.807, 2.05) is 12.1 Å². The van der Waals surface area contributed by atoms with Gasteiger partial charge in [-0.05, 0) is 18.2 Å². The first kappa shape index (κ1) is 14.2. The van der Waals surface area contributed by atoms with Gasteiger partial charge < -0.3 is 10.4 Å². The lowest BCUT2D eigenvalue weighted by atomic mass is 10.3. The highest BCUT2D eigenvalue weighted by Gasteiger charge is 2.05. The average molecular weight is 287 g/mol. The van der Waals surface area contributed by atoms with Crippen LogP contribution < -0.4 is 5.32 Å². The molecule has 5 nitrogen and oxygen atoms in total. The molecule has 2 rings (SSSR count). The number of carbonyl (C=O) groups is 1. The molecule has 102 valence electrons. The molecule has 20 heavy (non-hydrogen) atoms. The lowest BCUT2D eigenvalue weighted by Crippen LogP contribution is -2.22. The monoisotopic (exact) mass is 287 g/mol. The van der Waals surface area contributed by atoms with Crippen LogP contribution in [0.3, 0.4) is 0 Å². The van der Waals surface area contributed by atoms with Gasteiger partial charge in [-0.15, -0.1) is 11.3 Å². The molecule has 0 saturated heterocycles. The molecular weight excluding hydrogens is 274 g/mol. The fraction of sp³-hybridized carbons (Fsp3) is 0.214. The van der Waals surface area contributed by atoms with E-state index in [0.29, 0.717) is 18.5 Å². The Morgan fingerprint density at radius 1 is 1.35 bits per heavy atom. The standard InChI is InChI=1S/C14H13N3O2S/c18-8-2-1-3-12-4-5-13(20-12)10-15-14(19)11-6-7-16-17-9-11/h4-7,9,18H,2,8,10H2,(H,15,19). The number of carbonyl (C=O) groups excluding carboxylic acids is 1. The summed E-state index contributed by atoms with van der Waals surface area (Å²) in [5, 5.41) is 18.7. The van der Waals surface area contributed by atoms with E-state index in [4.69, 9.17) is 5.11 Å². The van der Waals surface area contributed by atoms with E-state index in [-0.39, 0.29) is 12.5 Å². The number of hydrogen-bond acceptors (Lipinski definition) is 5. The summed E-state index contributed by atoms with van der Waals surface area (Å²) in [5.41, 5.74) is 0.486. The minimum atomic E-state index is -0.179. The number of nitrogens with zero attached hydrogens (tertiary/aromatic N) is 2. The number of nitrogens with one attached hydrogen (secondary N) is 1. The lowest BCUT2D eigenvalue weighted by molar-refractivity contribution is 0.0950. The molecule has 2 aromatic rings. The summed E-state index contributed by atoms with van der Waals surface area (Å²) in [7, 11) is 0. The van der Waals surface area contributed by atoms with Crippen LogP contribution in [-0.2, 0) is 6.54 Å². The van der Waals surface area contributed by atoms with Crippen LogP contribution >= 0.6 is 11.3 Å². The van der Waals surface area contributed by atoms with Gasteiger partial charge in [-0.3, -0.25) is 4.79 Å². The normalized spacial score (nSPS) is 9.65. The summed E-state index contributed by atoms with van der Waals surface area (Å²) in [4.78, 5) is 13.8. The van der Waals surface area contributed by atoms with E-state index in [1.165, 1.54) is 23.7 Å². The van der Waals surface area contributed by atoms with E-state index in [9.17, 15) is 4.79 Å². The van der Waals surface area contributed by atoms with Gasteiger partial charge in [0.2, 0.25) is 0 Å². The van der Waals surface area contributed by atoms with Crippen molar-refractivity contribution < 1.29 is 9.90 Å². The minimum absolute atomic E-state index is 0.0707. The Morgan fingerprint density at radius 2 is 2.25 bits per heavy atom. The van der Waals surface area contributed by atoms with Gasteiger partial charge in [0.1, 0.15) is 0 Å². The highest BCUT2D eigenvalue weighted by Crippen LogP contribution is 2.15. The first-order valence-electron chi connectivity index (χ1n) is 6.03. The van der Waals surface area contributed by atoms with Gasteiger partial charge in [0, 0.05) is 11.3 Å². The number of aliphatic hydroxyl groups is 1. The molecule has 6 heteroatoms. The summed E-state index contributed by atoms with van der Waals surface area (Å²) in [6.07, 6.45) is 3.38. The second-order valence-corrected chi connectivity index (χ2v) is 5.02. The maximum atomic E-state index is 11.8. The van der Waals surface area contributed by atoms with Gasteiger partial charge in [-0.2, -0.15) is 10.2 Å². The largest absolute Gasteiger partial charge is 0.395 e. The molecule has 0 bridgehead atoms. The van der Waals surface area contributed by atoms with Gasteiger partial charge in [0.25, 0.3) is 5.91 Å². The van der Waals surface area contributed by atoms with E-state index in [2.05, 4.69) is 27.4 Å². The number of amides is 1. The highest BCUT2D eigenvalue weighted by molar-refractivity contribution is 7.12. The predicted octanol–water partition coefficient (Wildman–Crippen LogP) is 1.20. The van der Waals surface area contributed by atoms with Crippen molar-refractivity contribution in [1.29, 1.82) is 0 Å². The highest BCUT2D eigenvalue weighted by atomic mass is 32.1. The quantitative estimate of drug-likeness (QED) is 0.829. The van der Waals surface area contributed by atoms with E-state index < -0.39 is 0 Å². The molecule has 0 fully saturated rings. The Bertz CT molecular complexity index is 629. The van der Waals surface area contributed by atoms with Crippen LogP contribution in [0.1, 0.15) is 26.5 Å². The molecule has 2 aromatic heterocycles. The summed E-state index contributed by atoms with van der Waals surface area (Å²) in [5.74, 6) is 5.65. The third-order valence-electron chi connectivity index (χ3n) is 2.38. The third-order valence-corrected chi connectivity index (χ3v) is 3.38. The zero-order valence-corrected chi connectivity index (χ0v) is 11.5. The third kappa shape index (κ3) is 4.16. The van der Waals surface area contributed by atoms with Crippen molar-refractivity contribution in [3.05, 3.63) is 45.9 Å². The maximum Gasteiger partial charge on any atom is 0.253 e. The Hall–Kier alpha value is -2.23. The second kappa shape index (κ2) is 7.38. The number of aromatic nitrogens is 2. The summed E-state index contributed by atoms with van der Waals surface area (Å²) < 4.78 is 0. The number of rotatable bonds is 4. The average Bonchev–Trinajstić information content (AvgIpc) is 2.94. The summed E-state index contributed by atoms with van der Waals surface area (Å²) >= 11 is 1.52. The molecule has 2 N–H and O–H groups in total. The van der Waals surface area contributed by atoms with Gasteiger partial charge in [-0.25, -0.2) is 0 Å². The SMILES string of the molecule is O=C(NCc1ccc(C#CCCO)s1)c1ccnnc1. The van der Waals surface area contributed by atoms with Crippen molar-refractivity contribution in [2.75, 3.05) is 6.61 Å². The summed E-state index contributed by atoms with van der Waals surface area (Å²) in [6, 6.07) is 5.45. The first-order valence-corrected chi connectivity index (χ1v) is 6.84. The van der Waals surface area contributed by atoms with Gasteiger partial charge in [-0.1, -0.05) is 11.8 Å². The van der Waals surface area contributed by atoms with Crippen molar-refractivity contribution in [1.82, 2.24) is 15.5 Å². The lowest BCUT2D eigenvalue weighted by Gasteiger charge is -2.02. The fourth-order valence-corrected chi connectivity index (χ4v) is 2.26. The Labute approximate surface area is 120 Å². The molecule has 0 saturated carbocycles. The molecule has 0 aliphatic rings. The van der Waals surface area contributed by atoms with Crippen LogP contribution in [0.2, 0.25) is 0 Å². The van der Waals surface area contributed by atoms with E-state index in [1.54, 1.807) is 6.07 Å². The van der Waals surface area contributed by atoms with Crippen molar-refractivity contribution in [3.8, 4) is 11.8 Å². The molecule has 0 unspecified atom stereocenters. The molecule has 2 heterocycles. The van der Waals surface area contributed by atoms with Gasteiger partial charge in [0.15, 0.2) is 0 Å². The van der Waals surface area contributed by atoms with E-state index in [0.717, 1.165) is 9.75 Å². The maximum absolute atomic E-state index is 11.8. The van der Waals surface area contributed by atoms with Crippen LogP contribution in [0.4, 0.5) is 0 Å². The van der Waals surface area contributed by atoms with Crippen molar-refractivity contribution >= 4 is 17.2 Å². The fourth-order valence-electron chi connectivity index (χ4n) is 1.44. The molecule has 0 aliphatic heterocycles. The summed E-state index contributed by atoms with van der Waals surface area (Å²) in [6.45, 7) is 0.523. The minimum Gasteiger partial charge on any atom is -0.395 e. The van der Waals surface area contributed by atoms with Crippen LogP contribution in [-0.4, -0.2) is 27.8 Å². The van der Waals surface area contributed by atoms with E-state index >= 15 is 0 Å². The van der Waals surface area contributed by atoms with Crippen LogP contribution in [0.25, 0.3) is 0 Å². The molecule has 0 atom stereocenters. The molecule has 0 aromatic carbocycles.